The second-order valence-electron chi connectivity index (χ2n) is 12.9. The molecule has 0 spiro atoms. The lowest BCUT2D eigenvalue weighted by molar-refractivity contribution is -0.132. The lowest BCUT2D eigenvalue weighted by Gasteiger charge is -2.28. The quantitative estimate of drug-likeness (QED) is 0.104. The Labute approximate surface area is 283 Å². The highest BCUT2D eigenvalue weighted by atomic mass is 32.2. The fourth-order valence-corrected chi connectivity index (χ4v) is 7.07. The Morgan fingerprint density at radius 1 is 0.894 bits per heavy atom. The molecule has 0 aliphatic heterocycles. The molecule has 0 saturated heterocycles. The third kappa shape index (κ3) is 8.79. The van der Waals surface area contributed by atoms with Crippen molar-refractivity contribution in [1.29, 1.82) is 0 Å². The number of fused-ring (bicyclic) bond motifs is 1. The zero-order valence-electron chi connectivity index (χ0n) is 28.4. The molecule has 0 unspecified atom stereocenters. The summed E-state index contributed by atoms with van der Waals surface area (Å²) in [7, 11) is 0. The van der Waals surface area contributed by atoms with Crippen LogP contribution in [0.3, 0.4) is 0 Å². The van der Waals surface area contributed by atoms with Gasteiger partial charge in [-0.1, -0.05) is 104 Å². The number of alkyl halides is 1. The number of benzene rings is 3. The summed E-state index contributed by atoms with van der Waals surface area (Å²) in [6, 6.07) is 24.2. The Hall–Kier alpha value is -3.75. The number of thioether (sulfide) groups is 1. The van der Waals surface area contributed by atoms with Gasteiger partial charge in [-0.3, -0.25) is 9.59 Å². The number of likely N-dealkylation sites (N-methyl/N-ethyl adjacent to an activating group) is 1. The Bertz CT molecular complexity index is 1710. The summed E-state index contributed by atoms with van der Waals surface area (Å²) in [5, 5.41) is 0.611. The van der Waals surface area contributed by atoms with Crippen molar-refractivity contribution in [3.63, 3.8) is 0 Å². The molecule has 0 fully saturated rings. The van der Waals surface area contributed by atoms with E-state index in [-0.39, 0.29) is 18.0 Å². The number of rotatable bonds is 14. The van der Waals surface area contributed by atoms with Gasteiger partial charge in [-0.25, -0.2) is 4.39 Å². The molecule has 1 amide bonds. The highest BCUT2D eigenvalue weighted by molar-refractivity contribution is 7.98. The third-order valence-corrected chi connectivity index (χ3v) is 10.2. The van der Waals surface area contributed by atoms with E-state index in [9.17, 15) is 14.0 Å². The van der Waals surface area contributed by atoms with Gasteiger partial charge in [0.05, 0.1) is 0 Å². The van der Waals surface area contributed by atoms with Gasteiger partial charge < -0.3 is 14.4 Å². The van der Waals surface area contributed by atoms with Crippen LogP contribution in [0.15, 0.2) is 82.7 Å². The predicted octanol–water partition coefficient (Wildman–Crippen LogP) is 7.57. The number of amides is 1. The molecule has 1 aromatic heterocycles. The molecule has 5 rings (SSSR count). The van der Waals surface area contributed by atoms with Crippen LogP contribution in [0.1, 0.15) is 67.6 Å². The number of hydrogen-bond acceptors (Lipinski definition) is 5. The number of carbonyl (C=O) groups excluding carboxylic acids is 1. The van der Waals surface area contributed by atoms with E-state index in [1.54, 1.807) is 13.8 Å². The van der Waals surface area contributed by atoms with E-state index in [0.29, 0.717) is 36.0 Å². The van der Waals surface area contributed by atoms with Crippen LogP contribution < -0.4 is 5.56 Å². The van der Waals surface area contributed by atoms with E-state index < -0.39 is 5.67 Å². The van der Waals surface area contributed by atoms with Gasteiger partial charge in [-0.2, -0.15) is 4.98 Å². The van der Waals surface area contributed by atoms with E-state index in [2.05, 4.69) is 79.2 Å². The van der Waals surface area contributed by atoms with Crippen LogP contribution in [-0.4, -0.2) is 51.4 Å². The van der Waals surface area contributed by atoms with Gasteiger partial charge in [0.2, 0.25) is 5.91 Å². The maximum Gasteiger partial charge on any atom is 0.277 e. The molecule has 1 aliphatic carbocycles. The number of halogens is 1. The average molecular weight is 655 g/mol. The molecular weight excluding hydrogens is 608 g/mol. The van der Waals surface area contributed by atoms with Gasteiger partial charge in [0.1, 0.15) is 12.2 Å². The molecule has 248 valence electrons. The second kappa shape index (κ2) is 15.4. The maximum atomic E-state index is 14.4. The van der Waals surface area contributed by atoms with Gasteiger partial charge >= 0.3 is 0 Å². The van der Waals surface area contributed by atoms with Gasteiger partial charge in [0, 0.05) is 36.6 Å². The number of hydrogen-bond donors (Lipinski definition) is 0. The van der Waals surface area contributed by atoms with Crippen LogP contribution in [-0.2, 0) is 42.1 Å². The molecule has 8 heteroatoms. The molecule has 0 saturated carbocycles. The van der Waals surface area contributed by atoms with Crippen LogP contribution in [0.2, 0.25) is 0 Å². The van der Waals surface area contributed by atoms with Gasteiger partial charge in [-0.05, 0) is 80.9 Å². The Morgan fingerprint density at radius 2 is 1.51 bits per heavy atom. The molecule has 1 aliphatic rings. The van der Waals surface area contributed by atoms with Crippen LogP contribution in [0.5, 0.6) is 0 Å². The molecule has 4 aromatic rings. The minimum Gasteiger partial charge on any atom is -0.336 e. The number of aryl methyl sites for hydroxylation is 1. The molecule has 3 aromatic carbocycles. The summed E-state index contributed by atoms with van der Waals surface area (Å²) in [6.45, 7) is 13.3. The summed E-state index contributed by atoms with van der Waals surface area (Å²) in [5.41, 5.74) is 6.29. The van der Waals surface area contributed by atoms with Crippen molar-refractivity contribution in [2.75, 3.05) is 26.2 Å². The van der Waals surface area contributed by atoms with E-state index >= 15 is 0 Å². The Morgan fingerprint density at radius 3 is 2.13 bits per heavy atom. The maximum absolute atomic E-state index is 14.4. The smallest absolute Gasteiger partial charge is 0.277 e. The first kappa shape index (κ1) is 34.6. The first-order valence-corrected chi connectivity index (χ1v) is 17.7. The fraction of sp³-hybridized carbons (Fsp3) is 0.410. The van der Waals surface area contributed by atoms with Crippen LogP contribution in [0, 0.1) is 6.92 Å². The fourth-order valence-electron chi connectivity index (χ4n) is 6.10. The van der Waals surface area contributed by atoms with Gasteiger partial charge in [0.25, 0.3) is 5.56 Å². The Kier molecular flexibility index (Phi) is 11.4. The summed E-state index contributed by atoms with van der Waals surface area (Å²) in [4.78, 5) is 35.9. The molecular formula is C39H47FN4O2S. The molecule has 0 atom stereocenters. The van der Waals surface area contributed by atoms with Crippen molar-refractivity contribution in [2.45, 2.75) is 83.5 Å². The first-order valence-electron chi connectivity index (χ1n) is 16.8. The Balaban J connectivity index is 1.37. The highest BCUT2D eigenvalue weighted by Gasteiger charge is 2.25. The van der Waals surface area contributed by atoms with Gasteiger partial charge in [0.15, 0.2) is 5.16 Å². The van der Waals surface area contributed by atoms with Crippen LogP contribution in [0.4, 0.5) is 4.39 Å². The van der Waals surface area contributed by atoms with E-state index in [1.165, 1.54) is 17.3 Å². The monoisotopic (exact) mass is 654 g/mol. The standard InChI is InChI=1S/C39H47FN4O2S/c1-6-42(7-2)23-24-43(25-29-15-17-31(18-16-29)32-19-21-33(22-20-32)39(4,5)40)36(45)26-44-35-10-8-9-34(35)37(46)41-38(44)47-27-30-13-11-28(3)12-14-30/h11-22H,6-10,23-27H2,1-5H3. The average Bonchev–Trinajstić information content (AvgIpc) is 3.57. The van der Waals surface area contributed by atoms with Crippen molar-refractivity contribution in [2.24, 2.45) is 0 Å². The van der Waals surface area contributed by atoms with Gasteiger partial charge in [-0.15, -0.1) is 0 Å². The van der Waals surface area contributed by atoms with Crippen molar-refractivity contribution in [3.05, 3.63) is 117 Å². The van der Waals surface area contributed by atoms with Crippen molar-refractivity contribution >= 4 is 17.7 Å². The molecule has 1 heterocycles. The minimum atomic E-state index is -1.38. The normalized spacial score (nSPS) is 12.8. The summed E-state index contributed by atoms with van der Waals surface area (Å²) < 4.78 is 16.4. The minimum absolute atomic E-state index is 0.0161. The van der Waals surface area contributed by atoms with Crippen LogP contribution in [0.25, 0.3) is 11.1 Å². The molecule has 0 radical (unpaired) electrons. The van der Waals surface area contributed by atoms with Crippen molar-refractivity contribution in [3.8, 4) is 11.1 Å². The van der Waals surface area contributed by atoms with E-state index in [0.717, 1.165) is 66.0 Å². The van der Waals surface area contributed by atoms with E-state index in [4.69, 9.17) is 0 Å². The molecule has 0 N–H and O–H groups in total. The lowest BCUT2D eigenvalue weighted by Crippen LogP contribution is -2.40. The third-order valence-electron chi connectivity index (χ3n) is 9.15. The zero-order chi connectivity index (χ0) is 33.6. The lowest BCUT2D eigenvalue weighted by atomic mass is 9.96. The number of aromatic nitrogens is 2. The summed E-state index contributed by atoms with van der Waals surface area (Å²) in [6.07, 6.45) is 2.40. The SMILES string of the molecule is CCN(CC)CCN(Cc1ccc(-c2ccc(C(C)(C)F)cc2)cc1)C(=O)Cn1c(SCc2ccc(C)cc2)nc(=O)c2c1CCC2. The predicted molar refractivity (Wildman–Crippen MR) is 190 cm³/mol. The summed E-state index contributed by atoms with van der Waals surface area (Å²) in [5.74, 6) is 0.689. The number of nitrogens with zero attached hydrogens (tertiary/aromatic N) is 4. The van der Waals surface area contributed by atoms with Crippen LogP contribution >= 0.6 is 11.8 Å². The largest absolute Gasteiger partial charge is 0.336 e. The molecule has 6 nitrogen and oxygen atoms in total. The van der Waals surface area contributed by atoms with Crippen molar-refractivity contribution < 1.29 is 9.18 Å². The van der Waals surface area contributed by atoms with Crippen molar-refractivity contribution in [1.82, 2.24) is 19.4 Å². The summed E-state index contributed by atoms with van der Waals surface area (Å²) >= 11 is 1.52. The van der Waals surface area contributed by atoms with E-state index in [1.807, 2.05) is 33.7 Å². The second-order valence-corrected chi connectivity index (χ2v) is 13.9. The first-order chi connectivity index (χ1) is 22.5. The molecule has 47 heavy (non-hydrogen) atoms. The zero-order valence-corrected chi connectivity index (χ0v) is 29.2. The highest BCUT2D eigenvalue weighted by Crippen LogP contribution is 2.29. The number of carbonyl (C=O) groups is 1. The molecule has 0 bridgehead atoms. The topological polar surface area (TPSA) is 58.4 Å².